The van der Waals surface area contributed by atoms with Gasteiger partial charge in [-0.3, -0.25) is 14.3 Å². The van der Waals surface area contributed by atoms with E-state index in [-0.39, 0.29) is 19.1 Å². The Morgan fingerprint density at radius 3 is 2.44 bits per heavy atom. The Morgan fingerprint density at radius 1 is 1.11 bits per heavy atom. The summed E-state index contributed by atoms with van der Waals surface area (Å²) in [5.41, 5.74) is 8.32. The predicted molar refractivity (Wildman–Crippen MR) is 105 cm³/mol. The molecule has 2 unspecified atom stereocenters. The van der Waals surface area contributed by atoms with Crippen molar-refractivity contribution in [1.82, 2.24) is 4.90 Å². The van der Waals surface area contributed by atoms with Gasteiger partial charge >= 0.3 is 5.97 Å². The molecule has 2 aromatic carbocycles. The second-order valence-corrected chi connectivity index (χ2v) is 9.87. The maximum Gasteiger partial charge on any atom is 0.321 e. The zero-order chi connectivity index (χ0) is 19.5. The van der Waals surface area contributed by atoms with Crippen LogP contribution in [0, 0.1) is 0 Å². The highest BCUT2D eigenvalue weighted by Gasteiger charge is 2.56. The number of nitrogens with two attached hydrogens (primary N) is 1. The first-order valence-electron chi connectivity index (χ1n) is 8.96. The Bertz CT molecular complexity index is 858. The van der Waals surface area contributed by atoms with Crippen molar-refractivity contribution in [3.63, 3.8) is 0 Å². The molecular weight excluding hydrogens is 363 g/mol. The lowest BCUT2D eigenvalue weighted by atomic mass is 9.95. The number of hydrogen-bond acceptors (Lipinski definition) is 4. The summed E-state index contributed by atoms with van der Waals surface area (Å²) >= 11 is 0. The van der Waals surface area contributed by atoms with Gasteiger partial charge in [-0.25, -0.2) is 0 Å². The van der Waals surface area contributed by atoms with Gasteiger partial charge in [0.1, 0.15) is 0 Å². The van der Waals surface area contributed by atoms with Crippen LogP contribution in [0.5, 0.6) is 0 Å². The minimum absolute atomic E-state index is 0.00917. The van der Waals surface area contributed by atoms with E-state index in [4.69, 9.17) is 5.73 Å². The lowest BCUT2D eigenvalue weighted by Crippen LogP contribution is -2.55. The second-order valence-electron chi connectivity index (χ2n) is 7.16. The molecule has 0 spiro atoms. The number of carboxylic acid groups (broad SMARTS) is 1. The smallest absolute Gasteiger partial charge is 0.321 e. The van der Waals surface area contributed by atoms with E-state index in [2.05, 4.69) is 0 Å². The summed E-state index contributed by atoms with van der Waals surface area (Å²) in [6.07, 6.45) is -0.0159. The third-order valence-corrected chi connectivity index (χ3v) is 7.88. The third kappa shape index (κ3) is 4.14. The molecule has 1 aliphatic rings. The first kappa shape index (κ1) is 19.8. The highest BCUT2D eigenvalue weighted by Crippen LogP contribution is 2.58. The molecule has 2 aromatic rings. The molecular formula is C20H25N2O4P. The van der Waals surface area contributed by atoms with E-state index in [1.807, 2.05) is 47.4 Å². The zero-order valence-electron chi connectivity index (χ0n) is 15.1. The van der Waals surface area contributed by atoms with Gasteiger partial charge in [0.15, 0.2) is 5.16 Å². The fraction of sp³-hybridized carbons (Fsp3) is 0.350. The summed E-state index contributed by atoms with van der Waals surface area (Å²) in [5, 5.41) is 8.30. The lowest BCUT2D eigenvalue weighted by Gasteiger charge is -2.43. The van der Waals surface area contributed by atoms with Crippen LogP contribution >= 0.6 is 7.37 Å². The van der Waals surface area contributed by atoms with Gasteiger partial charge in [-0.1, -0.05) is 54.6 Å². The van der Waals surface area contributed by atoms with Crippen LogP contribution in [0.4, 0.5) is 0 Å². The molecule has 1 heterocycles. The lowest BCUT2D eigenvalue weighted by molar-refractivity contribution is -0.141. The first-order valence-corrected chi connectivity index (χ1v) is 10.8. The Hall–Kier alpha value is -1.98. The van der Waals surface area contributed by atoms with Crippen LogP contribution in [0.1, 0.15) is 16.7 Å². The highest BCUT2D eigenvalue weighted by atomic mass is 31.2. The van der Waals surface area contributed by atoms with Crippen molar-refractivity contribution < 1.29 is 19.4 Å². The molecule has 144 valence electrons. The number of carboxylic acids is 1. The molecule has 7 heteroatoms. The van der Waals surface area contributed by atoms with Crippen molar-refractivity contribution in [3.8, 4) is 0 Å². The molecule has 0 bridgehead atoms. The first-order chi connectivity index (χ1) is 12.9. The molecule has 2 atom stereocenters. The van der Waals surface area contributed by atoms with Crippen molar-refractivity contribution >= 4 is 13.3 Å². The summed E-state index contributed by atoms with van der Waals surface area (Å²) in [4.78, 5) is 24.9. The Labute approximate surface area is 159 Å². The van der Waals surface area contributed by atoms with Crippen LogP contribution in [0.2, 0.25) is 0 Å². The normalized spacial score (nSPS) is 26.0. The molecule has 0 aromatic heterocycles. The van der Waals surface area contributed by atoms with Crippen LogP contribution in [-0.4, -0.2) is 45.3 Å². The number of nitrogens with zero attached hydrogens (tertiary/aromatic N) is 1. The van der Waals surface area contributed by atoms with E-state index in [9.17, 15) is 19.4 Å². The maximum atomic E-state index is 13.0. The quantitative estimate of drug-likeness (QED) is 0.656. The SMILES string of the molecule is NCc1cccc(CC2(C(=O)O)CN(Cc3ccccc3)CCP2(=O)O)c1. The van der Waals surface area contributed by atoms with Gasteiger partial charge in [-0.05, 0) is 23.1 Å². The number of carbonyl (C=O) groups is 1. The highest BCUT2D eigenvalue weighted by molar-refractivity contribution is 7.61. The van der Waals surface area contributed by atoms with E-state index in [1.165, 1.54) is 0 Å². The van der Waals surface area contributed by atoms with Crippen molar-refractivity contribution in [2.45, 2.75) is 24.7 Å². The molecule has 3 rings (SSSR count). The Morgan fingerprint density at radius 2 is 1.78 bits per heavy atom. The summed E-state index contributed by atoms with van der Waals surface area (Å²) in [6.45, 7) is 1.34. The van der Waals surface area contributed by atoms with E-state index < -0.39 is 18.5 Å². The minimum atomic E-state index is -3.89. The van der Waals surface area contributed by atoms with E-state index in [0.29, 0.717) is 19.6 Å². The maximum absolute atomic E-state index is 13.0. The third-order valence-electron chi connectivity index (χ3n) is 5.24. The predicted octanol–water partition coefficient (Wildman–Crippen LogP) is 2.30. The van der Waals surface area contributed by atoms with E-state index in [1.54, 1.807) is 12.1 Å². The topological polar surface area (TPSA) is 104 Å². The van der Waals surface area contributed by atoms with Gasteiger partial charge in [-0.15, -0.1) is 0 Å². The van der Waals surface area contributed by atoms with Crippen molar-refractivity contribution in [2.24, 2.45) is 5.73 Å². The van der Waals surface area contributed by atoms with Crippen LogP contribution in [-0.2, 0) is 28.9 Å². The second kappa shape index (κ2) is 7.95. The number of rotatable bonds is 6. The summed E-state index contributed by atoms with van der Waals surface area (Å²) in [5.74, 6) is -1.22. The van der Waals surface area contributed by atoms with E-state index >= 15 is 0 Å². The summed E-state index contributed by atoms with van der Waals surface area (Å²) < 4.78 is 13.0. The fourth-order valence-corrected chi connectivity index (χ4v) is 5.83. The molecule has 6 nitrogen and oxygen atoms in total. The molecule has 0 saturated carbocycles. The summed E-state index contributed by atoms with van der Waals surface area (Å²) in [7, 11) is -3.89. The largest absolute Gasteiger partial charge is 0.480 e. The van der Waals surface area contributed by atoms with Crippen LogP contribution in [0.25, 0.3) is 0 Å². The van der Waals surface area contributed by atoms with E-state index in [0.717, 1.165) is 16.7 Å². The van der Waals surface area contributed by atoms with Gasteiger partial charge in [0.25, 0.3) is 0 Å². The number of hydrogen-bond donors (Lipinski definition) is 3. The average molecular weight is 388 g/mol. The number of aliphatic carboxylic acids is 1. The van der Waals surface area contributed by atoms with Crippen molar-refractivity contribution in [3.05, 3.63) is 71.3 Å². The Balaban J connectivity index is 1.91. The molecule has 1 saturated heterocycles. The minimum Gasteiger partial charge on any atom is -0.480 e. The monoisotopic (exact) mass is 388 g/mol. The standard InChI is InChI=1S/C20H25N2O4P/c21-13-18-8-4-7-17(11-18)12-20(19(23)24)15-22(9-10-27(20,25)26)14-16-5-2-1-3-6-16/h1-8,11H,9-10,12-15,21H2,(H,23,24)(H,25,26). The molecule has 27 heavy (non-hydrogen) atoms. The number of benzene rings is 2. The van der Waals surface area contributed by atoms with Crippen LogP contribution < -0.4 is 5.73 Å². The Kier molecular flexibility index (Phi) is 5.82. The van der Waals surface area contributed by atoms with Gasteiger partial charge in [0, 0.05) is 32.3 Å². The molecule has 0 amide bonds. The fourth-order valence-electron chi connectivity index (χ4n) is 3.70. The zero-order valence-corrected chi connectivity index (χ0v) is 16.0. The van der Waals surface area contributed by atoms with Crippen molar-refractivity contribution in [2.75, 3.05) is 19.3 Å². The van der Waals surface area contributed by atoms with Crippen molar-refractivity contribution in [1.29, 1.82) is 0 Å². The molecule has 0 radical (unpaired) electrons. The molecule has 1 aliphatic heterocycles. The molecule has 1 fully saturated rings. The van der Waals surface area contributed by atoms with Crippen LogP contribution in [0.3, 0.4) is 0 Å². The van der Waals surface area contributed by atoms with Gasteiger partial charge in [0.2, 0.25) is 7.37 Å². The molecule has 0 aliphatic carbocycles. The molecule has 4 N–H and O–H groups in total. The van der Waals surface area contributed by atoms with Crippen LogP contribution in [0.15, 0.2) is 54.6 Å². The average Bonchev–Trinajstić information content (AvgIpc) is 2.65. The van der Waals surface area contributed by atoms with Gasteiger partial charge in [0.05, 0.1) is 0 Å². The van der Waals surface area contributed by atoms with Gasteiger partial charge < -0.3 is 15.7 Å². The summed E-state index contributed by atoms with van der Waals surface area (Å²) in [6, 6.07) is 17.0. The van der Waals surface area contributed by atoms with Gasteiger partial charge in [-0.2, -0.15) is 0 Å².